The number of carbonyl (C=O) groups is 1. The lowest BCUT2D eigenvalue weighted by molar-refractivity contribution is -0.122. The molecule has 0 aliphatic carbocycles. The van der Waals surface area contributed by atoms with Crippen molar-refractivity contribution < 1.29 is 14.6 Å². The number of carbonyl (C=O) groups excluding carboxylic acids is 1. The van der Waals surface area contributed by atoms with Gasteiger partial charge in [-0.1, -0.05) is 26.0 Å². The van der Waals surface area contributed by atoms with Gasteiger partial charge in [0.05, 0.1) is 19.1 Å². The largest absolute Gasteiger partial charge is 0.493 e. The zero-order chi connectivity index (χ0) is 15.1. The summed E-state index contributed by atoms with van der Waals surface area (Å²) < 4.78 is 5.62. The normalized spacial score (nSPS) is 12.3. The Kier molecular flexibility index (Phi) is 6.52. The molecule has 0 saturated heterocycles. The molecule has 4 nitrogen and oxygen atoms in total. The molecule has 1 rings (SSSR count). The van der Waals surface area contributed by atoms with E-state index >= 15 is 0 Å². The van der Waals surface area contributed by atoms with Gasteiger partial charge in [-0.2, -0.15) is 0 Å². The SMILES string of the molecule is Cc1ccc(C)c(OCCC(=O)NCC(O)C(C)C)c1. The van der Waals surface area contributed by atoms with Crippen LogP contribution < -0.4 is 10.1 Å². The van der Waals surface area contributed by atoms with Crippen molar-refractivity contribution in [2.24, 2.45) is 5.92 Å². The Morgan fingerprint density at radius 2 is 2.05 bits per heavy atom. The summed E-state index contributed by atoms with van der Waals surface area (Å²) in [6.07, 6.45) is -0.211. The van der Waals surface area contributed by atoms with E-state index in [0.717, 1.165) is 16.9 Å². The third kappa shape index (κ3) is 5.61. The molecule has 0 saturated carbocycles. The molecule has 1 aromatic rings. The van der Waals surface area contributed by atoms with Gasteiger partial charge in [-0.05, 0) is 37.0 Å². The van der Waals surface area contributed by atoms with Crippen LogP contribution in [0.2, 0.25) is 0 Å². The van der Waals surface area contributed by atoms with Crippen LogP contribution in [0.3, 0.4) is 0 Å². The number of aliphatic hydroxyl groups excluding tert-OH is 1. The van der Waals surface area contributed by atoms with E-state index in [9.17, 15) is 9.90 Å². The van der Waals surface area contributed by atoms with Gasteiger partial charge < -0.3 is 15.2 Å². The number of hydrogen-bond donors (Lipinski definition) is 2. The van der Waals surface area contributed by atoms with Crippen LogP contribution in [0.4, 0.5) is 0 Å². The molecule has 1 amide bonds. The maximum atomic E-state index is 11.6. The van der Waals surface area contributed by atoms with E-state index in [0.29, 0.717) is 13.2 Å². The zero-order valence-corrected chi connectivity index (χ0v) is 12.8. The summed E-state index contributed by atoms with van der Waals surface area (Å²) in [6.45, 7) is 8.45. The first-order chi connectivity index (χ1) is 9.40. The molecule has 0 spiro atoms. The molecule has 0 aliphatic rings. The first-order valence-corrected chi connectivity index (χ1v) is 7.05. The maximum Gasteiger partial charge on any atom is 0.223 e. The zero-order valence-electron chi connectivity index (χ0n) is 12.8. The molecule has 0 aromatic heterocycles. The molecule has 1 unspecified atom stereocenters. The lowest BCUT2D eigenvalue weighted by Gasteiger charge is -2.15. The number of amides is 1. The van der Waals surface area contributed by atoms with Crippen LogP contribution in [-0.4, -0.2) is 30.3 Å². The second-order valence-electron chi connectivity index (χ2n) is 5.48. The van der Waals surface area contributed by atoms with E-state index < -0.39 is 6.10 Å². The first kappa shape index (κ1) is 16.5. The highest BCUT2D eigenvalue weighted by molar-refractivity contribution is 5.76. The highest BCUT2D eigenvalue weighted by atomic mass is 16.5. The summed E-state index contributed by atoms with van der Waals surface area (Å²) in [7, 11) is 0. The second kappa shape index (κ2) is 7.90. The van der Waals surface area contributed by atoms with Gasteiger partial charge in [-0.15, -0.1) is 0 Å². The van der Waals surface area contributed by atoms with Crippen molar-refractivity contribution in [2.45, 2.75) is 40.2 Å². The number of ether oxygens (including phenoxy) is 1. The summed E-state index contributed by atoms with van der Waals surface area (Å²) in [5, 5.41) is 12.3. The summed E-state index contributed by atoms with van der Waals surface area (Å²) in [5.74, 6) is 0.858. The molecule has 1 aromatic carbocycles. The summed E-state index contributed by atoms with van der Waals surface area (Å²) in [6, 6.07) is 6.00. The highest BCUT2D eigenvalue weighted by Crippen LogP contribution is 2.19. The quantitative estimate of drug-likeness (QED) is 0.804. The van der Waals surface area contributed by atoms with Gasteiger partial charge in [-0.3, -0.25) is 4.79 Å². The van der Waals surface area contributed by atoms with Crippen molar-refractivity contribution in [1.82, 2.24) is 5.32 Å². The first-order valence-electron chi connectivity index (χ1n) is 7.05. The van der Waals surface area contributed by atoms with Crippen molar-refractivity contribution in [1.29, 1.82) is 0 Å². The summed E-state index contributed by atoms with van der Waals surface area (Å²) in [4.78, 5) is 11.6. The fourth-order valence-corrected chi connectivity index (χ4v) is 1.66. The monoisotopic (exact) mass is 279 g/mol. The molecule has 112 valence electrons. The Bertz CT molecular complexity index is 443. The number of rotatable bonds is 7. The van der Waals surface area contributed by atoms with Crippen LogP contribution in [0.1, 0.15) is 31.4 Å². The second-order valence-corrected chi connectivity index (χ2v) is 5.48. The van der Waals surface area contributed by atoms with Crippen molar-refractivity contribution >= 4 is 5.91 Å². The van der Waals surface area contributed by atoms with E-state index in [-0.39, 0.29) is 18.2 Å². The Balaban J connectivity index is 2.30. The summed E-state index contributed by atoms with van der Waals surface area (Å²) in [5.41, 5.74) is 2.20. The van der Waals surface area contributed by atoms with E-state index in [2.05, 4.69) is 5.32 Å². The molecule has 0 fully saturated rings. The molecule has 2 N–H and O–H groups in total. The Hall–Kier alpha value is -1.55. The van der Waals surface area contributed by atoms with Crippen molar-refractivity contribution in [3.05, 3.63) is 29.3 Å². The molecule has 0 aliphatic heterocycles. The van der Waals surface area contributed by atoms with Crippen LogP contribution in [0, 0.1) is 19.8 Å². The van der Waals surface area contributed by atoms with Crippen molar-refractivity contribution in [3.8, 4) is 5.75 Å². The van der Waals surface area contributed by atoms with Crippen molar-refractivity contribution in [2.75, 3.05) is 13.2 Å². The van der Waals surface area contributed by atoms with Gasteiger partial charge >= 0.3 is 0 Å². The predicted molar refractivity (Wildman–Crippen MR) is 79.9 cm³/mol. The minimum atomic E-state index is -0.501. The maximum absolute atomic E-state index is 11.6. The molecule has 20 heavy (non-hydrogen) atoms. The Labute approximate surface area is 121 Å². The molecule has 1 atom stereocenters. The van der Waals surface area contributed by atoms with Crippen LogP contribution in [0.5, 0.6) is 5.75 Å². The lowest BCUT2D eigenvalue weighted by atomic mass is 10.1. The molecule has 0 bridgehead atoms. The fourth-order valence-electron chi connectivity index (χ4n) is 1.66. The van der Waals surface area contributed by atoms with Crippen LogP contribution in [0.15, 0.2) is 18.2 Å². The number of nitrogens with one attached hydrogen (secondary N) is 1. The van der Waals surface area contributed by atoms with Crippen molar-refractivity contribution in [3.63, 3.8) is 0 Å². The molecular formula is C16H25NO3. The lowest BCUT2D eigenvalue weighted by Crippen LogP contribution is -2.35. The highest BCUT2D eigenvalue weighted by Gasteiger charge is 2.10. The third-order valence-corrected chi connectivity index (χ3v) is 3.21. The minimum Gasteiger partial charge on any atom is -0.493 e. The van der Waals surface area contributed by atoms with E-state index in [1.807, 2.05) is 45.9 Å². The van der Waals surface area contributed by atoms with Gasteiger partial charge in [0, 0.05) is 6.54 Å². The van der Waals surface area contributed by atoms with E-state index in [4.69, 9.17) is 4.74 Å². The number of benzene rings is 1. The molecular weight excluding hydrogens is 254 g/mol. The average Bonchev–Trinajstić information content (AvgIpc) is 2.39. The predicted octanol–water partition coefficient (Wildman–Crippen LogP) is 2.21. The third-order valence-electron chi connectivity index (χ3n) is 3.21. The van der Waals surface area contributed by atoms with Crippen LogP contribution >= 0.6 is 0 Å². The average molecular weight is 279 g/mol. The van der Waals surface area contributed by atoms with Crippen LogP contribution in [0.25, 0.3) is 0 Å². The number of aliphatic hydroxyl groups is 1. The minimum absolute atomic E-state index is 0.102. The number of hydrogen-bond acceptors (Lipinski definition) is 3. The topological polar surface area (TPSA) is 58.6 Å². The molecule has 0 heterocycles. The smallest absolute Gasteiger partial charge is 0.223 e. The molecule has 0 radical (unpaired) electrons. The molecule has 4 heteroatoms. The number of aryl methyl sites for hydroxylation is 2. The summed E-state index contributed by atoms with van der Waals surface area (Å²) >= 11 is 0. The van der Waals surface area contributed by atoms with Gasteiger partial charge in [-0.25, -0.2) is 0 Å². The fraction of sp³-hybridized carbons (Fsp3) is 0.562. The van der Waals surface area contributed by atoms with Gasteiger partial charge in [0.15, 0.2) is 0 Å². The van der Waals surface area contributed by atoms with Gasteiger partial charge in [0.25, 0.3) is 0 Å². The van der Waals surface area contributed by atoms with E-state index in [1.54, 1.807) is 0 Å². The van der Waals surface area contributed by atoms with Gasteiger partial charge in [0.1, 0.15) is 5.75 Å². The van der Waals surface area contributed by atoms with Gasteiger partial charge in [0.2, 0.25) is 5.91 Å². The van der Waals surface area contributed by atoms with Crippen LogP contribution in [-0.2, 0) is 4.79 Å². The Morgan fingerprint density at radius 3 is 2.70 bits per heavy atom. The Morgan fingerprint density at radius 1 is 1.35 bits per heavy atom. The standard InChI is InChI=1S/C16H25NO3/c1-11(2)14(18)10-17-16(19)7-8-20-15-9-12(3)5-6-13(15)4/h5-6,9,11,14,18H,7-8,10H2,1-4H3,(H,17,19). The van der Waals surface area contributed by atoms with E-state index in [1.165, 1.54) is 0 Å².